The van der Waals surface area contributed by atoms with E-state index in [1.165, 1.54) is 17.0 Å². The van der Waals surface area contributed by atoms with Crippen LogP contribution in [-0.4, -0.2) is 56.6 Å². The van der Waals surface area contributed by atoms with Crippen LogP contribution in [0.25, 0.3) is 5.78 Å². The van der Waals surface area contributed by atoms with Crippen molar-refractivity contribution in [2.75, 3.05) is 31.1 Å². The summed E-state index contributed by atoms with van der Waals surface area (Å²) in [7, 11) is 0. The lowest BCUT2D eigenvalue weighted by atomic mass is 10.2. The lowest BCUT2D eigenvalue weighted by molar-refractivity contribution is 0.0751. The average Bonchev–Trinajstić information content (AvgIpc) is 3.33. The molecule has 0 unspecified atom stereocenters. The molecule has 130 valence electrons. The van der Waals surface area contributed by atoms with E-state index >= 15 is 0 Å². The van der Waals surface area contributed by atoms with Crippen molar-refractivity contribution < 1.29 is 4.79 Å². The Morgan fingerprint density at radius 1 is 1.28 bits per heavy atom. The molecule has 1 saturated heterocycles. The molecule has 0 spiro atoms. The van der Waals surface area contributed by atoms with Gasteiger partial charge in [0.15, 0.2) is 0 Å². The van der Waals surface area contributed by atoms with Crippen molar-refractivity contribution in [2.24, 2.45) is 0 Å². The summed E-state index contributed by atoms with van der Waals surface area (Å²) in [5.41, 5.74) is 1.17. The van der Waals surface area contributed by atoms with Crippen LogP contribution in [-0.2, 0) is 6.42 Å². The smallest absolute Gasteiger partial charge is 0.264 e. The van der Waals surface area contributed by atoms with E-state index in [1.807, 2.05) is 26.8 Å². The Labute approximate surface area is 149 Å². The van der Waals surface area contributed by atoms with Crippen LogP contribution >= 0.6 is 11.3 Å². The maximum Gasteiger partial charge on any atom is 0.264 e. The molecular weight excluding hydrogens is 336 g/mol. The van der Waals surface area contributed by atoms with E-state index in [9.17, 15) is 4.79 Å². The van der Waals surface area contributed by atoms with E-state index in [0.717, 1.165) is 36.6 Å². The van der Waals surface area contributed by atoms with Gasteiger partial charge in [-0.2, -0.15) is 4.98 Å². The van der Waals surface area contributed by atoms with Gasteiger partial charge in [0.1, 0.15) is 12.1 Å². The molecule has 1 aliphatic heterocycles. The second-order valence-corrected chi connectivity index (χ2v) is 7.06. The van der Waals surface area contributed by atoms with Gasteiger partial charge in [0.25, 0.3) is 11.7 Å². The summed E-state index contributed by atoms with van der Waals surface area (Å²) >= 11 is 1.50. The molecule has 1 amide bonds. The van der Waals surface area contributed by atoms with Crippen LogP contribution < -0.4 is 4.90 Å². The Morgan fingerprint density at radius 2 is 2.12 bits per heavy atom. The van der Waals surface area contributed by atoms with Gasteiger partial charge in [0.05, 0.1) is 4.88 Å². The average molecular weight is 356 g/mol. The lowest BCUT2D eigenvalue weighted by Crippen LogP contribution is -2.49. The fraction of sp³-hybridized carbons (Fsp3) is 0.412. The van der Waals surface area contributed by atoms with Gasteiger partial charge < -0.3 is 9.80 Å². The SMILES string of the molecule is CCCc1cc(N2CCN(C(=O)c3cccs3)CC2)nc2nncn12. The Kier molecular flexibility index (Phi) is 4.35. The third-order valence-electron chi connectivity index (χ3n) is 4.48. The summed E-state index contributed by atoms with van der Waals surface area (Å²) in [5, 5.41) is 10.0. The number of aryl methyl sites for hydroxylation is 1. The molecule has 0 bridgehead atoms. The minimum Gasteiger partial charge on any atom is -0.353 e. The normalized spacial score (nSPS) is 15.1. The maximum absolute atomic E-state index is 12.5. The van der Waals surface area contributed by atoms with Crippen molar-refractivity contribution in [1.82, 2.24) is 24.5 Å². The van der Waals surface area contributed by atoms with Crippen LogP contribution in [0.2, 0.25) is 0 Å². The number of hydrogen-bond donors (Lipinski definition) is 0. The highest BCUT2D eigenvalue weighted by Gasteiger charge is 2.24. The Balaban J connectivity index is 1.50. The number of rotatable bonds is 4. The van der Waals surface area contributed by atoms with E-state index in [0.29, 0.717) is 18.9 Å². The standard InChI is InChI=1S/C17H20N6OS/c1-2-4-13-11-15(19-17-20-18-12-23(13)17)21-6-8-22(9-7-21)16(24)14-5-3-10-25-14/h3,5,10-12H,2,4,6-9H2,1H3. The lowest BCUT2D eigenvalue weighted by Gasteiger charge is -2.35. The zero-order chi connectivity index (χ0) is 17.2. The molecule has 0 atom stereocenters. The fourth-order valence-corrected chi connectivity index (χ4v) is 3.86. The monoisotopic (exact) mass is 356 g/mol. The van der Waals surface area contributed by atoms with Crippen LogP contribution in [0.5, 0.6) is 0 Å². The fourth-order valence-electron chi connectivity index (χ4n) is 3.17. The highest BCUT2D eigenvalue weighted by Crippen LogP contribution is 2.20. The number of carbonyl (C=O) groups is 1. The maximum atomic E-state index is 12.5. The third kappa shape index (κ3) is 3.09. The molecule has 1 fully saturated rings. The molecule has 4 rings (SSSR count). The Bertz CT molecular complexity index is 867. The molecule has 4 heterocycles. The molecule has 0 saturated carbocycles. The summed E-state index contributed by atoms with van der Waals surface area (Å²) in [6.07, 6.45) is 3.73. The number of hydrogen-bond acceptors (Lipinski definition) is 6. The summed E-state index contributed by atoms with van der Waals surface area (Å²) in [5.74, 6) is 1.69. The summed E-state index contributed by atoms with van der Waals surface area (Å²) in [4.78, 5) is 22.1. The van der Waals surface area contributed by atoms with Crippen molar-refractivity contribution in [3.63, 3.8) is 0 Å². The molecule has 25 heavy (non-hydrogen) atoms. The minimum absolute atomic E-state index is 0.127. The first-order valence-electron chi connectivity index (χ1n) is 8.53. The molecule has 0 radical (unpaired) electrons. The van der Waals surface area contributed by atoms with Crippen LogP contribution in [0.15, 0.2) is 29.9 Å². The highest BCUT2D eigenvalue weighted by molar-refractivity contribution is 7.12. The molecule has 8 heteroatoms. The zero-order valence-electron chi connectivity index (χ0n) is 14.1. The summed E-state index contributed by atoms with van der Waals surface area (Å²) in [6.45, 7) is 5.13. The molecular formula is C17H20N6OS. The van der Waals surface area contributed by atoms with Crippen molar-refractivity contribution in [1.29, 1.82) is 0 Å². The van der Waals surface area contributed by atoms with Crippen molar-refractivity contribution in [2.45, 2.75) is 19.8 Å². The molecule has 0 N–H and O–H groups in total. The number of piperazine rings is 1. The third-order valence-corrected chi connectivity index (χ3v) is 5.34. The van der Waals surface area contributed by atoms with Crippen LogP contribution in [0, 0.1) is 0 Å². The molecule has 3 aromatic heterocycles. The van der Waals surface area contributed by atoms with Gasteiger partial charge in [-0.1, -0.05) is 19.4 Å². The van der Waals surface area contributed by atoms with Crippen LogP contribution in [0.1, 0.15) is 28.7 Å². The van der Waals surface area contributed by atoms with E-state index in [1.54, 1.807) is 6.33 Å². The number of carbonyl (C=O) groups excluding carboxylic acids is 1. The summed E-state index contributed by atoms with van der Waals surface area (Å²) < 4.78 is 1.95. The van der Waals surface area contributed by atoms with Gasteiger partial charge >= 0.3 is 0 Å². The predicted octanol–water partition coefficient (Wildman–Crippen LogP) is 2.10. The molecule has 0 aliphatic carbocycles. The molecule has 1 aliphatic rings. The number of amides is 1. The first-order chi connectivity index (χ1) is 12.3. The van der Waals surface area contributed by atoms with Gasteiger partial charge in [0.2, 0.25) is 0 Å². The van der Waals surface area contributed by atoms with Gasteiger partial charge in [0, 0.05) is 37.9 Å². The topological polar surface area (TPSA) is 66.6 Å². The first-order valence-corrected chi connectivity index (χ1v) is 9.41. The van der Waals surface area contributed by atoms with Crippen molar-refractivity contribution in [3.05, 3.63) is 40.5 Å². The number of nitrogens with zero attached hydrogens (tertiary/aromatic N) is 6. The van der Waals surface area contributed by atoms with Gasteiger partial charge in [-0.05, 0) is 17.9 Å². The van der Waals surface area contributed by atoms with Crippen LogP contribution in [0.3, 0.4) is 0 Å². The summed E-state index contributed by atoms with van der Waals surface area (Å²) in [6, 6.07) is 5.93. The Morgan fingerprint density at radius 3 is 2.84 bits per heavy atom. The molecule has 3 aromatic rings. The van der Waals surface area contributed by atoms with Crippen LogP contribution in [0.4, 0.5) is 5.82 Å². The number of fused-ring (bicyclic) bond motifs is 1. The number of thiophene rings is 1. The quantitative estimate of drug-likeness (QED) is 0.716. The van der Waals surface area contributed by atoms with Crippen molar-refractivity contribution >= 4 is 28.8 Å². The minimum atomic E-state index is 0.127. The Hall–Kier alpha value is -2.48. The first kappa shape index (κ1) is 16.0. The predicted molar refractivity (Wildman–Crippen MR) is 97.2 cm³/mol. The number of aromatic nitrogens is 4. The zero-order valence-corrected chi connectivity index (χ0v) is 14.9. The van der Waals surface area contributed by atoms with E-state index < -0.39 is 0 Å². The van der Waals surface area contributed by atoms with Gasteiger partial charge in [-0.15, -0.1) is 21.5 Å². The second-order valence-electron chi connectivity index (χ2n) is 6.11. The number of anilines is 1. The highest BCUT2D eigenvalue weighted by atomic mass is 32.1. The van der Waals surface area contributed by atoms with Crippen molar-refractivity contribution in [3.8, 4) is 0 Å². The largest absolute Gasteiger partial charge is 0.353 e. The van der Waals surface area contributed by atoms with E-state index in [-0.39, 0.29) is 5.91 Å². The molecule has 7 nitrogen and oxygen atoms in total. The van der Waals surface area contributed by atoms with Gasteiger partial charge in [-0.3, -0.25) is 9.20 Å². The van der Waals surface area contributed by atoms with E-state index in [2.05, 4.69) is 33.1 Å². The van der Waals surface area contributed by atoms with Gasteiger partial charge in [-0.25, -0.2) is 0 Å². The second kappa shape index (κ2) is 6.79. The van der Waals surface area contributed by atoms with E-state index in [4.69, 9.17) is 0 Å². The molecule has 0 aromatic carbocycles.